The van der Waals surface area contributed by atoms with Crippen molar-refractivity contribution >= 4 is 27.8 Å². The summed E-state index contributed by atoms with van der Waals surface area (Å²) in [4.78, 5) is 38.3. The summed E-state index contributed by atoms with van der Waals surface area (Å²) in [5, 5.41) is 18.6. The van der Waals surface area contributed by atoms with E-state index >= 15 is 0 Å². The maximum atomic E-state index is 12.5. The van der Waals surface area contributed by atoms with Gasteiger partial charge < -0.3 is 30.2 Å². The number of hydrogen-bond donors (Lipinski definition) is 3. The van der Waals surface area contributed by atoms with Crippen LogP contribution >= 0.6 is 0 Å². The van der Waals surface area contributed by atoms with Crippen molar-refractivity contribution in [1.29, 1.82) is 0 Å². The first-order valence-corrected chi connectivity index (χ1v) is 13.4. The van der Waals surface area contributed by atoms with E-state index in [1.165, 1.54) is 0 Å². The number of benzene rings is 1. The smallest absolute Gasteiger partial charge is 0.328 e. The minimum atomic E-state index is -3.40. The number of urea groups is 1. The van der Waals surface area contributed by atoms with E-state index in [1.54, 1.807) is 35.2 Å². The molecule has 1 saturated heterocycles. The third-order valence-corrected chi connectivity index (χ3v) is 7.19. The Kier molecular flexibility index (Phi) is 13.7. The highest BCUT2D eigenvalue weighted by Gasteiger charge is 2.21. The molecule has 0 spiro atoms. The second-order valence-corrected chi connectivity index (χ2v) is 10.8. The lowest BCUT2D eigenvalue weighted by Gasteiger charge is -2.32. The van der Waals surface area contributed by atoms with Gasteiger partial charge in [-0.05, 0) is 46.0 Å². The average Bonchev–Trinajstić information content (AvgIpc) is 2.82. The quantitative estimate of drug-likeness (QED) is 0.286. The molecular weight excluding hydrogens is 488 g/mol. The first-order chi connectivity index (χ1) is 16.9. The fourth-order valence-electron chi connectivity index (χ4n) is 3.37. The van der Waals surface area contributed by atoms with Gasteiger partial charge in [0.2, 0.25) is 0 Å². The van der Waals surface area contributed by atoms with Gasteiger partial charge in [0.15, 0.2) is 9.84 Å². The number of carbonyl (C=O) groups is 3. The zero-order valence-corrected chi connectivity index (χ0v) is 22.0. The molecule has 0 saturated carbocycles. The van der Waals surface area contributed by atoms with Gasteiger partial charge >= 0.3 is 18.0 Å². The summed E-state index contributed by atoms with van der Waals surface area (Å²) in [5.74, 6) is -2.59. The largest absolute Gasteiger partial charge is 0.478 e. The Morgan fingerprint density at radius 1 is 1.03 bits per heavy atom. The Balaban J connectivity index is 0.000000697. The predicted octanol–water partition coefficient (Wildman–Crippen LogP) is 1.23. The van der Waals surface area contributed by atoms with Crippen LogP contribution in [0.2, 0.25) is 0 Å². The van der Waals surface area contributed by atoms with E-state index in [9.17, 15) is 22.8 Å². The number of amides is 2. The van der Waals surface area contributed by atoms with Gasteiger partial charge in [-0.3, -0.25) is 0 Å². The lowest BCUT2D eigenvalue weighted by molar-refractivity contribution is -0.134. The molecule has 1 aliphatic heterocycles. The summed E-state index contributed by atoms with van der Waals surface area (Å²) < 4.78 is 24.9. The van der Waals surface area contributed by atoms with E-state index in [0.29, 0.717) is 23.6 Å². The highest BCUT2D eigenvalue weighted by atomic mass is 32.2. The number of rotatable bonds is 11. The van der Waals surface area contributed by atoms with E-state index in [4.69, 9.17) is 10.2 Å². The van der Waals surface area contributed by atoms with E-state index < -0.39 is 21.8 Å². The molecule has 0 aromatic heterocycles. The minimum Gasteiger partial charge on any atom is -0.478 e. The summed E-state index contributed by atoms with van der Waals surface area (Å²) >= 11 is 0. The van der Waals surface area contributed by atoms with Gasteiger partial charge in [0.1, 0.15) is 0 Å². The van der Waals surface area contributed by atoms with Crippen LogP contribution in [0, 0.1) is 0 Å². The minimum absolute atomic E-state index is 0.0661. The molecule has 1 aliphatic rings. The molecule has 0 radical (unpaired) electrons. The standard InChI is InChI=1S/C20H34N4O3S.C4H4O4/c1-18(2)24(16-17-28(26,27)19-8-5-4-6-9-19)20(25)21-10-7-11-23-14-12-22(3)13-15-23;5-3(6)1-2-4(7)8/h4-6,8-9,18H,7,10-17H2,1-3H3,(H,21,25);1-2H,(H,5,6)(H,7,8)/b;2-1-. The fraction of sp³-hybridized carbons (Fsp3) is 0.542. The van der Waals surface area contributed by atoms with Crippen molar-refractivity contribution in [3.05, 3.63) is 42.5 Å². The van der Waals surface area contributed by atoms with Gasteiger partial charge in [-0.1, -0.05) is 18.2 Å². The van der Waals surface area contributed by atoms with Crippen molar-refractivity contribution < 1.29 is 33.0 Å². The van der Waals surface area contributed by atoms with Crippen molar-refractivity contribution in [3.8, 4) is 0 Å². The topological polar surface area (TPSA) is 148 Å². The van der Waals surface area contributed by atoms with Gasteiger partial charge in [-0.2, -0.15) is 0 Å². The second-order valence-electron chi connectivity index (χ2n) is 8.66. The molecule has 2 amide bonds. The van der Waals surface area contributed by atoms with Gasteiger partial charge in [0.05, 0.1) is 10.6 Å². The van der Waals surface area contributed by atoms with Crippen LogP contribution < -0.4 is 5.32 Å². The Bertz CT molecular complexity index is 944. The van der Waals surface area contributed by atoms with Crippen molar-refractivity contribution in [2.75, 3.05) is 58.6 Å². The number of hydrogen-bond acceptors (Lipinski definition) is 7. The Hall–Kier alpha value is -2.96. The number of nitrogens with one attached hydrogen (secondary N) is 1. The van der Waals surface area contributed by atoms with Gasteiger partial charge in [-0.25, -0.2) is 22.8 Å². The molecule has 0 atom stereocenters. The molecule has 1 aromatic rings. The van der Waals surface area contributed by atoms with Crippen LogP contribution in [-0.4, -0.2) is 116 Å². The van der Waals surface area contributed by atoms with Crippen molar-refractivity contribution in [2.24, 2.45) is 0 Å². The van der Waals surface area contributed by atoms with E-state index in [1.807, 2.05) is 13.8 Å². The number of carboxylic acid groups (broad SMARTS) is 2. The molecule has 2 rings (SSSR count). The molecule has 1 aromatic carbocycles. The Labute approximate surface area is 213 Å². The zero-order valence-electron chi connectivity index (χ0n) is 21.2. The first-order valence-electron chi connectivity index (χ1n) is 11.8. The normalized spacial score (nSPS) is 14.8. The van der Waals surface area contributed by atoms with Crippen LogP contribution in [-0.2, 0) is 19.4 Å². The second kappa shape index (κ2) is 15.9. The van der Waals surface area contributed by atoms with Crippen LogP contribution in [0.15, 0.2) is 47.4 Å². The van der Waals surface area contributed by atoms with Crippen LogP contribution in [0.25, 0.3) is 0 Å². The molecule has 1 heterocycles. The Morgan fingerprint density at radius 3 is 2.08 bits per heavy atom. The van der Waals surface area contributed by atoms with Crippen molar-refractivity contribution in [2.45, 2.75) is 31.2 Å². The van der Waals surface area contributed by atoms with Gasteiger partial charge in [0, 0.05) is 57.5 Å². The summed E-state index contributed by atoms with van der Waals surface area (Å²) in [6.07, 6.45) is 2.01. The maximum Gasteiger partial charge on any atom is 0.328 e. The molecule has 1 fully saturated rings. The summed E-state index contributed by atoms with van der Waals surface area (Å²) in [6.45, 7) is 9.86. The van der Waals surface area contributed by atoms with Crippen LogP contribution in [0.4, 0.5) is 4.79 Å². The van der Waals surface area contributed by atoms with Crippen molar-refractivity contribution in [1.82, 2.24) is 20.0 Å². The lowest BCUT2D eigenvalue weighted by Crippen LogP contribution is -2.47. The summed E-state index contributed by atoms with van der Waals surface area (Å²) in [6, 6.07) is 8.12. The highest BCUT2D eigenvalue weighted by molar-refractivity contribution is 7.91. The van der Waals surface area contributed by atoms with Crippen LogP contribution in [0.1, 0.15) is 20.3 Å². The Morgan fingerprint density at radius 2 is 1.58 bits per heavy atom. The van der Waals surface area contributed by atoms with E-state index in [-0.39, 0.29) is 24.4 Å². The third-order valence-electron chi connectivity index (χ3n) is 5.48. The maximum absolute atomic E-state index is 12.5. The molecule has 0 aliphatic carbocycles. The monoisotopic (exact) mass is 526 g/mol. The lowest BCUT2D eigenvalue weighted by atomic mass is 10.3. The zero-order chi connectivity index (χ0) is 27.1. The van der Waals surface area contributed by atoms with Crippen molar-refractivity contribution in [3.63, 3.8) is 0 Å². The summed E-state index contributed by atoms with van der Waals surface area (Å²) in [7, 11) is -1.26. The molecular formula is C24H38N4O7S. The molecule has 0 unspecified atom stereocenters. The van der Waals surface area contributed by atoms with Gasteiger partial charge in [0.25, 0.3) is 0 Å². The number of likely N-dealkylation sites (N-methyl/N-ethyl adjacent to an activating group) is 1. The molecule has 0 bridgehead atoms. The third kappa shape index (κ3) is 12.7. The fourth-order valence-corrected chi connectivity index (χ4v) is 4.62. The molecule has 11 nitrogen and oxygen atoms in total. The van der Waals surface area contributed by atoms with Crippen LogP contribution in [0.3, 0.4) is 0 Å². The van der Waals surface area contributed by atoms with E-state index in [2.05, 4.69) is 22.2 Å². The first kappa shape index (κ1) is 31.1. The molecule has 12 heteroatoms. The number of aliphatic carboxylic acids is 2. The van der Waals surface area contributed by atoms with Gasteiger partial charge in [-0.15, -0.1) is 0 Å². The summed E-state index contributed by atoms with van der Waals surface area (Å²) in [5.41, 5.74) is 0. The predicted molar refractivity (Wildman–Crippen MR) is 137 cm³/mol. The molecule has 202 valence electrons. The number of carboxylic acids is 2. The highest BCUT2D eigenvalue weighted by Crippen LogP contribution is 2.11. The SMILES string of the molecule is CC(C)N(CCS(=O)(=O)c1ccccc1)C(=O)NCCCN1CCN(C)CC1.O=C(O)/C=C\C(=O)O. The van der Waals surface area contributed by atoms with E-state index in [0.717, 1.165) is 39.1 Å². The number of sulfone groups is 1. The number of carbonyl (C=O) groups excluding carboxylic acids is 1. The molecule has 36 heavy (non-hydrogen) atoms. The van der Waals surface area contributed by atoms with Crippen LogP contribution in [0.5, 0.6) is 0 Å². The average molecular weight is 527 g/mol. The number of nitrogens with zero attached hydrogens (tertiary/aromatic N) is 3. The molecule has 3 N–H and O–H groups in total. The number of piperazine rings is 1.